The van der Waals surface area contributed by atoms with Gasteiger partial charge in [0.2, 0.25) is 0 Å². The predicted molar refractivity (Wildman–Crippen MR) is 43.7 cm³/mol. The number of hydrogen-bond donors (Lipinski definition) is 0. The van der Waals surface area contributed by atoms with Crippen molar-refractivity contribution < 1.29 is 9.47 Å². The second kappa shape index (κ2) is 4.70. The Bertz CT molecular complexity index is 108. The van der Waals surface area contributed by atoms with E-state index in [0.717, 1.165) is 19.7 Å². The fourth-order valence-electron chi connectivity index (χ4n) is 1.33. The van der Waals surface area contributed by atoms with Gasteiger partial charge in [-0.2, -0.15) is 0 Å². The van der Waals surface area contributed by atoms with Crippen molar-refractivity contribution >= 4 is 0 Å². The van der Waals surface area contributed by atoms with E-state index >= 15 is 0 Å². The first-order valence-corrected chi connectivity index (χ1v) is 4.12. The molecule has 1 unspecified atom stereocenters. The third kappa shape index (κ3) is 3.18. The van der Waals surface area contributed by atoms with Crippen molar-refractivity contribution in [3.63, 3.8) is 0 Å². The number of likely N-dealkylation sites (tertiary alicyclic amines) is 1. The van der Waals surface area contributed by atoms with E-state index in [1.807, 2.05) is 0 Å². The molecule has 0 spiro atoms. The van der Waals surface area contributed by atoms with Gasteiger partial charge < -0.3 is 14.4 Å². The third-order valence-electron chi connectivity index (χ3n) is 1.99. The maximum absolute atomic E-state index is 5.55. The van der Waals surface area contributed by atoms with Crippen LogP contribution in [0.15, 0.2) is 0 Å². The molecule has 1 atom stereocenters. The summed E-state index contributed by atoms with van der Waals surface area (Å²) in [6, 6.07) is 0. The van der Waals surface area contributed by atoms with Crippen LogP contribution >= 0.6 is 0 Å². The van der Waals surface area contributed by atoms with Crippen LogP contribution in [0.3, 0.4) is 0 Å². The van der Waals surface area contributed by atoms with E-state index in [4.69, 9.17) is 9.47 Å². The minimum Gasteiger partial charge on any atom is -0.382 e. The highest BCUT2D eigenvalue weighted by Crippen LogP contribution is 2.09. The summed E-state index contributed by atoms with van der Waals surface area (Å²) in [5, 5.41) is 0. The van der Waals surface area contributed by atoms with Crippen molar-refractivity contribution in [1.82, 2.24) is 4.90 Å². The molecule has 0 N–H and O–H groups in total. The van der Waals surface area contributed by atoms with Crippen molar-refractivity contribution in [2.75, 3.05) is 40.5 Å². The Morgan fingerprint density at radius 2 is 2.27 bits per heavy atom. The molecule has 3 heteroatoms. The summed E-state index contributed by atoms with van der Waals surface area (Å²) in [5.74, 6) is 0. The summed E-state index contributed by atoms with van der Waals surface area (Å²) < 4.78 is 10.4. The first-order valence-electron chi connectivity index (χ1n) is 4.12. The molecule has 0 saturated carbocycles. The molecule has 0 bridgehead atoms. The van der Waals surface area contributed by atoms with E-state index in [9.17, 15) is 0 Å². The molecule has 66 valence electrons. The van der Waals surface area contributed by atoms with Crippen LogP contribution in [0.1, 0.15) is 6.42 Å². The van der Waals surface area contributed by atoms with Crippen LogP contribution in [-0.2, 0) is 9.47 Å². The molecule has 0 aliphatic carbocycles. The molecular weight excluding hydrogens is 142 g/mol. The zero-order valence-corrected chi connectivity index (χ0v) is 7.38. The average Bonchev–Trinajstić information content (AvgIpc) is 2.37. The molecule has 1 aliphatic heterocycles. The first kappa shape index (κ1) is 8.97. The zero-order valence-electron chi connectivity index (χ0n) is 7.38. The van der Waals surface area contributed by atoms with Gasteiger partial charge in [-0.15, -0.1) is 0 Å². The molecule has 1 rings (SSSR count). The molecule has 0 radical (unpaired) electrons. The maximum Gasteiger partial charge on any atom is 0.0715 e. The third-order valence-corrected chi connectivity index (χ3v) is 1.99. The molecule has 1 fully saturated rings. The molecule has 11 heavy (non-hydrogen) atoms. The zero-order chi connectivity index (χ0) is 8.10. The Hall–Kier alpha value is -0.120. The molecule has 1 heterocycles. The van der Waals surface area contributed by atoms with E-state index in [2.05, 4.69) is 11.9 Å². The second-order valence-electron chi connectivity index (χ2n) is 3.04. The largest absolute Gasteiger partial charge is 0.382 e. The molecule has 0 aromatic rings. The van der Waals surface area contributed by atoms with Crippen LogP contribution in [0.4, 0.5) is 0 Å². The lowest BCUT2D eigenvalue weighted by Crippen LogP contribution is -2.20. The van der Waals surface area contributed by atoms with Crippen molar-refractivity contribution in [2.24, 2.45) is 0 Å². The van der Waals surface area contributed by atoms with Crippen LogP contribution < -0.4 is 0 Å². The van der Waals surface area contributed by atoms with Crippen LogP contribution in [-0.4, -0.2) is 51.5 Å². The predicted octanol–water partition coefficient (Wildman–Crippen LogP) is 0.354. The summed E-state index contributed by atoms with van der Waals surface area (Å²) in [7, 11) is 3.82. The lowest BCUT2D eigenvalue weighted by atomic mass is 10.3. The van der Waals surface area contributed by atoms with Gasteiger partial charge in [0.15, 0.2) is 0 Å². The number of nitrogens with zero attached hydrogens (tertiary/aromatic N) is 1. The Kier molecular flexibility index (Phi) is 3.83. The van der Waals surface area contributed by atoms with Crippen LogP contribution in [0.25, 0.3) is 0 Å². The summed E-state index contributed by atoms with van der Waals surface area (Å²) in [4.78, 5) is 2.29. The number of hydrogen-bond acceptors (Lipinski definition) is 3. The highest BCUT2D eigenvalue weighted by atomic mass is 16.5. The number of ether oxygens (including phenoxy) is 2. The van der Waals surface area contributed by atoms with Crippen molar-refractivity contribution in [2.45, 2.75) is 12.5 Å². The van der Waals surface area contributed by atoms with E-state index in [0.29, 0.717) is 12.7 Å². The Morgan fingerprint density at radius 3 is 2.82 bits per heavy atom. The van der Waals surface area contributed by atoms with Gasteiger partial charge in [0.1, 0.15) is 0 Å². The van der Waals surface area contributed by atoms with Gasteiger partial charge in [0.25, 0.3) is 0 Å². The van der Waals surface area contributed by atoms with Gasteiger partial charge in [-0.1, -0.05) is 0 Å². The Balaban J connectivity index is 1.99. The molecule has 0 aromatic heterocycles. The summed E-state index contributed by atoms with van der Waals surface area (Å²) in [6.07, 6.45) is 1.61. The SMILES string of the molecule is COCCOC1CCN(C)C1. The van der Waals surface area contributed by atoms with Gasteiger partial charge >= 0.3 is 0 Å². The number of rotatable bonds is 4. The van der Waals surface area contributed by atoms with Gasteiger partial charge in [-0.25, -0.2) is 0 Å². The molecule has 1 aliphatic rings. The average molecular weight is 159 g/mol. The fraction of sp³-hybridized carbons (Fsp3) is 1.00. The number of methoxy groups -OCH3 is 1. The maximum atomic E-state index is 5.55. The fourth-order valence-corrected chi connectivity index (χ4v) is 1.33. The van der Waals surface area contributed by atoms with E-state index in [-0.39, 0.29) is 0 Å². The van der Waals surface area contributed by atoms with Crippen LogP contribution in [0.5, 0.6) is 0 Å². The van der Waals surface area contributed by atoms with Crippen LogP contribution in [0, 0.1) is 0 Å². The minimum atomic E-state index is 0.440. The molecule has 1 saturated heterocycles. The van der Waals surface area contributed by atoms with E-state index in [1.54, 1.807) is 7.11 Å². The number of likely N-dealkylation sites (N-methyl/N-ethyl adjacent to an activating group) is 1. The van der Waals surface area contributed by atoms with Crippen LogP contribution in [0.2, 0.25) is 0 Å². The second-order valence-corrected chi connectivity index (χ2v) is 3.04. The molecule has 0 amide bonds. The quantitative estimate of drug-likeness (QED) is 0.553. The summed E-state index contributed by atoms with van der Waals surface area (Å²) in [5.41, 5.74) is 0. The highest BCUT2D eigenvalue weighted by molar-refractivity contribution is 4.72. The Morgan fingerprint density at radius 1 is 1.45 bits per heavy atom. The van der Waals surface area contributed by atoms with Gasteiger partial charge in [0.05, 0.1) is 19.3 Å². The summed E-state index contributed by atoms with van der Waals surface area (Å²) >= 11 is 0. The minimum absolute atomic E-state index is 0.440. The first-order chi connectivity index (χ1) is 5.33. The lowest BCUT2D eigenvalue weighted by molar-refractivity contribution is 0.0233. The Labute approximate surface area is 68.3 Å². The standard InChI is InChI=1S/C8H17NO2/c1-9-4-3-8(7-9)11-6-5-10-2/h8H,3-7H2,1-2H3. The normalized spacial score (nSPS) is 26.2. The summed E-state index contributed by atoms with van der Waals surface area (Å²) in [6.45, 7) is 3.68. The van der Waals surface area contributed by atoms with Crippen molar-refractivity contribution in [1.29, 1.82) is 0 Å². The van der Waals surface area contributed by atoms with E-state index < -0.39 is 0 Å². The van der Waals surface area contributed by atoms with E-state index in [1.165, 1.54) is 6.42 Å². The van der Waals surface area contributed by atoms with Gasteiger partial charge in [0, 0.05) is 20.2 Å². The van der Waals surface area contributed by atoms with Gasteiger partial charge in [-0.3, -0.25) is 0 Å². The van der Waals surface area contributed by atoms with Crippen molar-refractivity contribution in [3.05, 3.63) is 0 Å². The highest BCUT2D eigenvalue weighted by Gasteiger charge is 2.19. The topological polar surface area (TPSA) is 21.7 Å². The monoisotopic (exact) mass is 159 g/mol. The lowest BCUT2D eigenvalue weighted by Gasteiger charge is -2.10. The molecular formula is C8H17NO2. The van der Waals surface area contributed by atoms with Crippen molar-refractivity contribution in [3.8, 4) is 0 Å². The van der Waals surface area contributed by atoms with Gasteiger partial charge in [-0.05, 0) is 13.5 Å². The smallest absolute Gasteiger partial charge is 0.0715 e. The molecule has 3 nitrogen and oxygen atoms in total. The molecule has 0 aromatic carbocycles.